The molecular weight excluding hydrogens is 411 g/mol. The fourth-order valence-electron chi connectivity index (χ4n) is 3.28. The van der Waals surface area contributed by atoms with E-state index in [1.165, 1.54) is 18.7 Å². The summed E-state index contributed by atoms with van der Waals surface area (Å²) < 4.78 is 0. The largest absolute Gasteiger partial charge is 0.353 e. The van der Waals surface area contributed by atoms with Crippen LogP contribution in [0.5, 0.6) is 0 Å². The molecular formula is C22H18Cl2N2OS. The van der Waals surface area contributed by atoms with Gasteiger partial charge in [-0.2, -0.15) is 5.26 Å². The third-order valence-corrected chi connectivity index (χ3v) is 6.35. The number of carbonyl (C=O) groups excluding carboxylic acids is 1. The van der Waals surface area contributed by atoms with Gasteiger partial charge in [-0.15, -0.1) is 11.8 Å². The molecule has 2 aromatic carbocycles. The number of nitrogens with zero attached hydrogens (tertiary/aromatic N) is 1. The fraction of sp³-hybridized carbons (Fsp3) is 0.182. The summed E-state index contributed by atoms with van der Waals surface area (Å²) >= 11 is 14.2. The Morgan fingerprint density at radius 3 is 2.39 bits per heavy atom. The lowest BCUT2D eigenvalue weighted by molar-refractivity contribution is -0.113. The van der Waals surface area contributed by atoms with Crippen molar-refractivity contribution >= 4 is 40.7 Å². The topological polar surface area (TPSA) is 52.9 Å². The molecule has 0 aliphatic carbocycles. The van der Waals surface area contributed by atoms with Crippen LogP contribution in [0.4, 0.5) is 0 Å². The number of nitrogens with one attached hydrogen (secondary N) is 1. The van der Waals surface area contributed by atoms with E-state index in [0.29, 0.717) is 26.9 Å². The Hall–Kier alpha value is -2.19. The molecule has 0 aromatic heterocycles. The highest BCUT2D eigenvalue weighted by molar-refractivity contribution is 8.02. The van der Waals surface area contributed by atoms with Crippen molar-refractivity contribution in [2.45, 2.75) is 25.5 Å². The molecule has 142 valence electrons. The smallest absolute Gasteiger partial charge is 0.158 e. The second kappa shape index (κ2) is 8.87. The predicted octanol–water partition coefficient (Wildman–Crippen LogP) is 6.21. The molecule has 0 spiro atoms. The van der Waals surface area contributed by atoms with E-state index in [9.17, 15) is 10.1 Å². The van der Waals surface area contributed by atoms with Gasteiger partial charge in [0.2, 0.25) is 0 Å². The summed E-state index contributed by atoms with van der Waals surface area (Å²) in [6, 6.07) is 17.3. The monoisotopic (exact) mass is 428 g/mol. The van der Waals surface area contributed by atoms with Gasteiger partial charge in [-0.05, 0) is 37.1 Å². The second-order valence-electron chi connectivity index (χ2n) is 6.41. The Labute approximate surface area is 179 Å². The molecule has 1 heterocycles. The molecule has 1 aliphatic heterocycles. The first-order chi connectivity index (χ1) is 13.4. The van der Waals surface area contributed by atoms with Gasteiger partial charge in [-0.3, -0.25) is 4.79 Å². The summed E-state index contributed by atoms with van der Waals surface area (Å²) in [6.07, 6.45) is 0. The molecule has 0 unspecified atom stereocenters. The highest BCUT2D eigenvalue weighted by atomic mass is 35.5. The normalized spacial score (nSPS) is 16.6. The van der Waals surface area contributed by atoms with Crippen molar-refractivity contribution in [3.05, 3.63) is 91.6 Å². The maximum absolute atomic E-state index is 12.4. The zero-order valence-electron chi connectivity index (χ0n) is 15.4. The number of hydrogen-bond acceptors (Lipinski definition) is 4. The molecule has 0 saturated heterocycles. The maximum Gasteiger partial charge on any atom is 0.158 e. The number of hydrogen-bond donors (Lipinski definition) is 1. The van der Waals surface area contributed by atoms with Gasteiger partial charge in [0.15, 0.2) is 5.78 Å². The van der Waals surface area contributed by atoms with Crippen molar-refractivity contribution in [1.82, 2.24) is 5.32 Å². The van der Waals surface area contributed by atoms with Crippen LogP contribution in [0.3, 0.4) is 0 Å². The predicted molar refractivity (Wildman–Crippen MR) is 116 cm³/mol. The summed E-state index contributed by atoms with van der Waals surface area (Å²) in [4.78, 5) is 12.4. The summed E-state index contributed by atoms with van der Waals surface area (Å²) in [5, 5.41) is 15.1. The Balaban J connectivity index is 2.06. The van der Waals surface area contributed by atoms with Gasteiger partial charge < -0.3 is 5.32 Å². The van der Waals surface area contributed by atoms with E-state index in [1.807, 2.05) is 49.4 Å². The number of Topliss-reactive ketones (excluding diaryl/α,β-unsaturated/α-hetero) is 1. The van der Waals surface area contributed by atoms with Crippen LogP contribution in [-0.4, -0.2) is 5.78 Å². The van der Waals surface area contributed by atoms with Crippen molar-refractivity contribution in [2.75, 3.05) is 0 Å². The van der Waals surface area contributed by atoms with Crippen LogP contribution >= 0.6 is 35.0 Å². The zero-order valence-corrected chi connectivity index (χ0v) is 17.8. The van der Waals surface area contributed by atoms with Crippen LogP contribution in [0.15, 0.2) is 70.4 Å². The molecule has 1 atom stereocenters. The zero-order chi connectivity index (χ0) is 20.3. The van der Waals surface area contributed by atoms with Crippen molar-refractivity contribution in [3.8, 4) is 6.07 Å². The fourth-order valence-corrected chi connectivity index (χ4v) is 4.90. The maximum atomic E-state index is 12.4. The Bertz CT molecular complexity index is 1040. The van der Waals surface area contributed by atoms with Gasteiger partial charge >= 0.3 is 0 Å². The number of halogens is 2. The molecule has 3 rings (SSSR count). The number of thioether (sulfide) groups is 1. The SMILES string of the molecule is CC(=O)C1=C(C)NC(SCc2ccccc2Cl)=C(C#N)[C@@H]1c1ccccc1Cl. The van der Waals surface area contributed by atoms with E-state index in [1.54, 1.807) is 6.07 Å². The minimum Gasteiger partial charge on any atom is -0.353 e. The van der Waals surface area contributed by atoms with E-state index in [2.05, 4.69) is 11.4 Å². The van der Waals surface area contributed by atoms with Crippen LogP contribution in [0.2, 0.25) is 10.0 Å². The molecule has 0 amide bonds. The summed E-state index contributed by atoms with van der Waals surface area (Å²) in [5.74, 6) is 0.0227. The molecule has 0 bridgehead atoms. The lowest BCUT2D eigenvalue weighted by Crippen LogP contribution is -2.27. The van der Waals surface area contributed by atoms with Crippen LogP contribution < -0.4 is 5.32 Å². The molecule has 0 radical (unpaired) electrons. The first-order valence-electron chi connectivity index (χ1n) is 8.67. The van der Waals surface area contributed by atoms with Crippen molar-refractivity contribution in [3.63, 3.8) is 0 Å². The molecule has 0 saturated carbocycles. The van der Waals surface area contributed by atoms with Crippen molar-refractivity contribution in [1.29, 1.82) is 5.26 Å². The highest BCUT2D eigenvalue weighted by Gasteiger charge is 2.34. The molecule has 2 aromatic rings. The average molecular weight is 429 g/mol. The molecule has 28 heavy (non-hydrogen) atoms. The van der Waals surface area contributed by atoms with E-state index >= 15 is 0 Å². The van der Waals surface area contributed by atoms with E-state index < -0.39 is 5.92 Å². The van der Waals surface area contributed by atoms with Crippen LogP contribution in [0.1, 0.15) is 30.9 Å². The number of rotatable bonds is 5. The van der Waals surface area contributed by atoms with Crippen molar-refractivity contribution < 1.29 is 4.79 Å². The first kappa shape index (κ1) is 20.5. The van der Waals surface area contributed by atoms with Crippen LogP contribution in [0, 0.1) is 11.3 Å². The third kappa shape index (κ3) is 4.12. The quantitative estimate of drug-likeness (QED) is 0.614. The number of allylic oxidation sites excluding steroid dienone is 3. The van der Waals surface area contributed by atoms with Crippen LogP contribution in [0.25, 0.3) is 0 Å². The first-order valence-corrected chi connectivity index (χ1v) is 10.4. The minimum atomic E-state index is -0.494. The molecule has 1 aliphatic rings. The lowest BCUT2D eigenvalue weighted by atomic mass is 9.81. The second-order valence-corrected chi connectivity index (χ2v) is 8.21. The molecule has 0 fully saturated rings. The summed E-state index contributed by atoms with van der Waals surface area (Å²) in [5.41, 5.74) is 3.52. The third-order valence-electron chi connectivity index (χ3n) is 4.57. The number of nitriles is 1. The van der Waals surface area contributed by atoms with Gasteiger partial charge in [0.25, 0.3) is 0 Å². The van der Waals surface area contributed by atoms with Gasteiger partial charge in [0.05, 0.1) is 22.6 Å². The number of carbonyl (C=O) groups is 1. The highest BCUT2D eigenvalue weighted by Crippen LogP contribution is 2.43. The minimum absolute atomic E-state index is 0.0853. The molecule has 3 nitrogen and oxygen atoms in total. The van der Waals surface area contributed by atoms with E-state index in [-0.39, 0.29) is 5.78 Å². The summed E-state index contributed by atoms with van der Waals surface area (Å²) in [6.45, 7) is 3.37. The number of ketones is 1. The average Bonchev–Trinajstić information content (AvgIpc) is 2.67. The van der Waals surface area contributed by atoms with E-state index in [0.717, 1.165) is 21.9 Å². The van der Waals surface area contributed by atoms with Gasteiger partial charge in [-0.25, -0.2) is 0 Å². The number of dihydropyridines is 1. The molecule has 1 N–H and O–H groups in total. The summed E-state index contributed by atoms with van der Waals surface area (Å²) in [7, 11) is 0. The van der Waals surface area contributed by atoms with E-state index in [4.69, 9.17) is 23.2 Å². The Kier molecular flexibility index (Phi) is 6.51. The van der Waals surface area contributed by atoms with Crippen LogP contribution in [-0.2, 0) is 10.5 Å². The number of benzene rings is 2. The Morgan fingerprint density at radius 2 is 1.79 bits per heavy atom. The Morgan fingerprint density at radius 1 is 1.14 bits per heavy atom. The van der Waals surface area contributed by atoms with Gasteiger partial charge in [0, 0.05) is 27.1 Å². The molecule has 6 heteroatoms. The van der Waals surface area contributed by atoms with Gasteiger partial charge in [-0.1, -0.05) is 59.6 Å². The lowest BCUT2D eigenvalue weighted by Gasteiger charge is -2.29. The standard InChI is InChI=1S/C22H18Cl2N2OS/c1-13-20(14(2)27)21(16-8-4-6-10-19(16)24)17(11-25)22(26-13)28-12-15-7-3-5-9-18(15)23/h3-10,21,26H,12H2,1-2H3/t21-/m0/s1. The van der Waals surface area contributed by atoms with Crippen molar-refractivity contribution in [2.24, 2.45) is 0 Å². The van der Waals surface area contributed by atoms with Gasteiger partial charge in [0.1, 0.15) is 0 Å².